The lowest BCUT2D eigenvalue weighted by Gasteiger charge is -2.14. The first kappa shape index (κ1) is 14.3. The van der Waals surface area contributed by atoms with Gasteiger partial charge in [0.15, 0.2) is 0 Å². The lowest BCUT2D eigenvalue weighted by atomic mass is 10.1. The van der Waals surface area contributed by atoms with Crippen molar-refractivity contribution in [2.24, 2.45) is 0 Å². The molecule has 0 aliphatic heterocycles. The van der Waals surface area contributed by atoms with E-state index in [2.05, 4.69) is 0 Å². The molecule has 1 heterocycles. The maximum atomic E-state index is 13.3. The van der Waals surface area contributed by atoms with Crippen molar-refractivity contribution in [2.75, 3.05) is 0 Å². The predicted molar refractivity (Wildman–Crippen MR) is 75.7 cm³/mol. The van der Waals surface area contributed by atoms with E-state index in [1.54, 1.807) is 42.5 Å². The summed E-state index contributed by atoms with van der Waals surface area (Å²) in [5.41, 5.74) is -0.497. The Labute approximate surface area is 124 Å². The number of hydrogen-bond donors (Lipinski definition) is 0. The van der Waals surface area contributed by atoms with E-state index in [-0.39, 0.29) is 5.75 Å². The lowest BCUT2D eigenvalue weighted by Crippen LogP contribution is -2.07. The van der Waals surface area contributed by atoms with E-state index in [0.29, 0.717) is 17.1 Å². The second-order valence-electron chi connectivity index (χ2n) is 4.60. The monoisotopic (exact) mass is 304 g/mol. The van der Waals surface area contributed by atoms with Gasteiger partial charge in [-0.25, -0.2) is 0 Å². The highest BCUT2D eigenvalue weighted by Crippen LogP contribution is 2.40. The first-order valence-electron chi connectivity index (χ1n) is 6.52. The first-order valence-corrected chi connectivity index (χ1v) is 6.52. The molecule has 0 amide bonds. The van der Waals surface area contributed by atoms with Crippen LogP contribution in [0, 0.1) is 0 Å². The average Bonchev–Trinajstić information content (AvgIpc) is 3.02. The molecule has 2 nitrogen and oxygen atoms in total. The third-order valence-electron chi connectivity index (χ3n) is 3.06. The van der Waals surface area contributed by atoms with Crippen molar-refractivity contribution in [1.82, 2.24) is 0 Å². The van der Waals surface area contributed by atoms with Crippen LogP contribution in [0.3, 0.4) is 0 Å². The van der Waals surface area contributed by atoms with Crippen LogP contribution in [0.15, 0.2) is 71.3 Å². The molecule has 3 aromatic rings. The molecule has 0 saturated carbocycles. The first-order chi connectivity index (χ1) is 10.5. The molecule has 2 aromatic carbocycles. The van der Waals surface area contributed by atoms with E-state index in [4.69, 9.17) is 9.15 Å². The minimum Gasteiger partial charge on any atom is -0.464 e. The maximum absolute atomic E-state index is 13.3. The highest BCUT2D eigenvalue weighted by molar-refractivity contribution is 5.61. The quantitative estimate of drug-likeness (QED) is 0.614. The molecule has 22 heavy (non-hydrogen) atoms. The summed E-state index contributed by atoms with van der Waals surface area (Å²) in [6.07, 6.45) is -3.11. The number of furan rings is 1. The number of hydrogen-bond acceptors (Lipinski definition) is 2. The van der Waals surface area contributed by atoms with E-state index >= 15 is 0 Å². The van der Waals surface area contributed by atoms with Gasteiger partial charge in [-0.05, 0) is 42.5 Å². The van der Waals surface area contributed by atoms with Gasteiger partial charge in [-0.1, -0.05) is 18.2 Å². The topological polar surface area (TPSA) is 22.4 Å². The number of ether oxygens (including phenoxy) is 1. The minimum absolute atomic E-state index is 0.242. The molecule has 5 heteroatoms. The summed E-state index contributed by atoms with van der Waals surface area (Å²) in [5.74, 6) is 0.476. The Kier molecular flexibility index (Phi) is 3.63. The van der Waals surface area contributed by atoms with E-state index in [9.17, 15) is 13.2 Å². The van der Waals surface area contributed by atoms with Crippen molar-refractivity contribution in [3.8, 4) is 22.8 Å². The van der Waals surface area contributed by atoms with Crippen molar-refractivity contribution in [3.05, 3.63) is 72.5 Å². The molecule has 1 aromatic heterocycles. The van der Waals surface area contributed by atoms with Crippen molar-refractivity contribution in [1.29, 1.82) is 0 Å². The van der Waals surface area contributed by atoms with Gasteiger partial charge in [0.05, 0.1) is 11.8 Å². The molecule has 0 saturated heterocycles. The Bertz CT molecular complexity index is 747. The predicted octanol–water partition coefficient (Wildman–Crippen LogP) is 5.76. The van der Waals surface area contributed by atoms with Crippen LogP contribution < -0.4 is 4.74 Å². The Morgan fingerprint density at radius 2 is 1.64 bits per heavy atom. The summed E-state index contributed by atoms with van der Waals surface area (Å²) >= 11 is 0. The second-order valence-corrected chi connectivity index (χ2v) is 4.60. The molecule has 0 bridgehead atoms. The van der Waals surface area contributed by atoms with E-state index in [1.807, 2.05) is 0 Å². The number of alkyl halides is 3. The normalized spacial score (nSPS) is 11.4. The minimum atomic E-state index is -4.52. The number of halogens is 3. The third-order valence-corrected chi connectivity index (χ3v) is 3.06. The second kappa shape index (κ2) is 5.60. The van der Waals surface area contributed by atoms with Crippen molar-refractivity contribution < 1.29 is 22.3 Å². The van der Waals surface area contributed by atoms with E-state index < -0.39 is 11.7 Å². The van der Waals surface area contributed by atoms with Gasteiger partial charge in [0.1, 0.15) is 17.3 Å². The summed E-state index contributed by atoms with van der Waals surface area (Å²) in [5, 5.41) is 0. The molecular formula is C17H11F3O2. The van der Waals surface area contributed by atoms with Crippen LogP contribution in [0.4, 0.5) is 13.2 Å². The SMILES string of the molecule is FC(F)(F)c1cc(-c2ccco2)ccc1Oc1ccccc1. The highest BCUT2D eigenvalue weighted by atomic mass is 19.4. The zero-order chi connectivity index (χ0) is 15.6. The van der Waals surface area contributed by atoms with Gasteiger partial charge in [-0.15, -0.1) is 0 Å². The molecule has 0 spiro atoms. The van der Waals surface area contributed by atoms with E-state index in [0.717, 1.165) is 6.07 Å². The van der Waals surface area contributed by atoms with Crippen LogP contribution in [-0.4, -0.2) is 0 Å². The Balaban J connectivity index is 2.03. The van der Waals surface area contributed by atoms with Crippen molar-refractivity contribution in [2.45, 2.75) is 6.18 Å². The smallest absolute Gasteiger partial charge is 0.420 e. The van der Waals surface area contributed by atoms with Gasteiger partial charge in [-0.3, -0.25) is 0 Å². The average molecular weight is 304 g/mol. The van der Waals surface area contributed by atoms with Crippen LogP contribution in [0.2, 0.25) is 0 Å². The van der Waals surface area contributed by atoms with Gasteiger partial charge < -0.3 is 9.15 Å². The Hall–Kier alpha value is -2.69. The van der Waals surface area contributed by atoms with E-state index in [1.165, 1.54) is 18.4 Å². The van der Waals surface area contributed by atoms with Crippen LogP contribution >= 0.6 is 0 Å². The maximum Gasteiger partial charge on any atom is 0.420 e. The largest absolute Gasteiger partial charge is 0.464 e. The molecule has 3 rings (SSSR count). The fourth-order valence-corrected chi connectivity index (χ4v) is 2.05. The fraction of sp³-hybridized carbons (Fsp3) is 0.0588. The molecule has 112 valence electrons. The summed E-state index contributed by atoms with van der Waals surface area (Å²) in [4.78, 5) is 0. The molecular weight excluding hydrogens is 293 g/mol. The third kappa shape index (κ3) is 2.98. The van der Waals surface area contributed by atoms with Crippen LogP contribution in [-0.2, 0) is 6.18 Å². The molecule has 0 radical (unpaired) electrons. The van der Waals surface area contributed by atoms with Gasteiger partial charge >= 0.3 is 6.18 Å². The molecule has 0 unspecified atom stereocenters. The highest BCUT2D eigenvalue weighted by Gasteiger charge is 2.35. The Morgan fingerprint density at radius 1 is 0.864 bits per heavy atom. The van der Waals surface area contributed by atoms with Crippen molar-refractivity contribution >= 4 is 0 Å². The lowest BCUT2D eigenvalue weighted by molar-refractivity contribution is -0.138. The molecule has 0 aliphatic carbocycles. The summed E-state index contributed by atoms with van der Waals surface area (Å²) in [6.45, 7) is 0. The van der Waals surface area contributed by atoms with Gasteiger partial charge in [0, 0.05) is 5.56 Å². The van der Waals surface area contributed by atoms with Crippen LogP contribution in [0.25, 0.3) is 11.3 Å². The number of para-hydroxylation sites is 1. The van der Waals surface area contributed by atoms with Crippen LogP contribution in [0.1, 0.15) is 5.56 Å². The zero-order valence-electron chi connectivity index (χ0n) is 11.3. The van der Waals surface area contributed by atoms with Gasteiger partial charge in [0.2, 0.25) is 0 Å². The summed E-state index contributed by atoms with van der Waals surface area (Å²) < 4.78 is 50.3. The van der Waals surface area contributed by atoms with Crippen LogP contribution in [0.5, 0.6) is 11.5 Å². The fourth-order valence-electron chi connectivity index (χ4n) is 2.05. The zero-order valence-corrected chi connectivity index (χ0v) is 11.3. The van der Waals surface area contributed by atoms with Gasteiger partial charge in [-0.2, -0.15) is 13.2 Å². The molecule has 0 atom stereocenters. The number of benzene rings is 2. The molecule has 0 aliphatic rings. The van der Waals surface area contributed by atoms with Crippen molar-refractivity contribution in [3.63, 3.8) is 0 Å². The Morgan fingerprint density at radius 3 is 2.27 bits per heavy atom. The molecule has 0 fully saturated rings. The standard InChI is InChI=1S/C17H11F3O2/c18-17(19,20)14-11-12(15-7-4-10-21-15)8-9-16(14)22-13-5-2-1-3-6-13/h1-11H. The molecule has 0 N–H and O–H groups in total. The van der Waals surface area contributed by atoms with Gasteiger partial charge in [0.25, 0.3) is 0 Å². The summed E-state index contributed by atoms with van der Waals surface area (Å²) in [7, 11) is 0. The number of rotatable bonds is 3. The summed E-state index contributed by atoms with van der Waals surface area (Å²) in [6, 6.07) is 15.4.